The number of rotatable bonds is 0. The number of carbonyl (C=O) groups excluding carboxylic acids is 1. The predicted octanol–water partition coefficient (Wildman–Crippen LogP) is 0.512. The fourth-order valence-electron chi connectivity index (χ4n) is 0.579. The summed E-state index contributed by atoms with van der Waals surface area (Å²) >= 11 is 0. The molecule has 8 heavy (non-hydrogen) atoms. The lowest BCUT2D eigenvalue weighted by molar-refractivity contribution is -0.155. The van der Waals surface area contributed by atoms with Gasteiger partial charge in [0.05, 0.1) is 0 Å². The van der Waals surface area contributed by atoms with Crippen molar-refractivity contribution in [2.75, 3.05) is 0 Å². The quantitative estimate of drug-likeness (QED) is 0.465. The van der Waals surface area contributed by atoms with Crippen molar-refractivity contribution >= 4 is 5.91 Å². The highest BCUT2D eigenvalue weighted by Gasteiger charge is 2.09. The second-order valence-corrected chi connectivity index (χ2v) is 1.66. The molecule has 44 valence electrons. The Morgan fingerprint density at radius 3 is 2.88 bits per heavy atom. The van der Waals surface area contributed by atoms with Crippen LogP contribution in [-0.2, 0) is 4.79 Å². The Balaban J connectivity index is 2.60. The first kappa shape index (κ1) is 5.31. The zero-order valence-corrected chi connectivity index (χ0v) is 4.37. The average Bonchev–Trinajstić information content (AvgIpc) is 1.77. The van der Waals surface area contributed by atoms with Gasteiger partial charge in [0.15, 0.2) is 0 Å². The molecule has 1 heterocycles. The molecule has 0 aromatic heterocycles. The number of carbonyl (C=O) groups is 1. The van der Waals surface area contributed by atoms with Crippen LogP contribution in [0, 0.1) is 0 Å². The van der Waals surface area contributed by atoms with Crippen LogP contribution in [0.4, 0.5) is 0 Å². The molecule has 1 aliphatic heterocycles. The van der Waals surface area contributed by atoms with Crippen LogP contribution in [0.3, 0.4) is 0 Å². The van der Waals surface area contributed by atoms with Crippen LogP contribution in [0.25, 0.3) is 0 Å². The Hall–Kier alpha value is -0.830. The summed E-state index contributed by atoms with van der Waals surface area (Å²) in [6.07, 6.45) is 4.29. The molecular weight excluding hydrogens is 106 g/mol. The van der Waals surface area contributed by atoms with Crippen LogP contribution < -0.4 is 0 Å². The summed E-state index contributed by atoms with van der Waals surface area (Å²) in [6, 6.07) is 0. The molecule has 0 atom stereocenters. The number of hydrogen-bond acceptors (Lipinski definition) is 2. The third-order valence-electron chi connectivity index (χ3n) is 1.03. The van der Waals surface area contributed by atoms with E-state index in [1.165, 1.54) is 6.20 Å². The van der Waals surface area contributed by atoms with Gasteiger partial charge in [-0.1, -0.05) is 6.08 Å². The third kappa shape index (κ3) is 0.869. The molecule has 0 bridgehead atoms. The number of nitrogens with zero attached hydrogens (tertiary/aromatic N) is 1. The van der Waals surface area contributed by atoms with Gasteiger partial charge in [0.1, 0.15) is 0 Å². The van der Waals surface area contributed by atoms with Gasteiger partial charge in [-0.2, -0.15) is 5.06 Å². The fraction of sp³-hybridized carbons (Fsp3) is 0.400. The van der Waals surface area contributed by atoms with Gasteiger partial charge in [0.25, 0.3) is 0 Å². The minimum absolute atomic E-state index is 0.229. The highest BCUT2D eigenvalue weighted by Crippen LogP contribution is 2.03. The maximum atomic E-state index is 10.4. The molecule has 0 aromatic carbocycles. The zero-order valence-electron chi connectivity index (χ0n) is 4.37. The molecule has 1 N–H and O–H groups in total. The second-order valence-electron chi connectivity index (χ2n) is 1.66. The minimum Gasteiger partial charge on any atom is -0.281 e. The number of allylic oxidation sites excluding steroid dienone is 1. The molecule has 1 rings (SSSR count). The van der Waals surface area contributed by atoms with Crippen LogP contribution >= 0.6 is 0 Å². The van der Waals surface area contributed by atoms with E-state index in [4.69, 9.17) is 5.21 Å². The zero-order chi connectivity index (χ0) is 5.98. The van der Waals surface area contributed by atoms with E-state index < -0.39 is 0 Å². The van der Waals surface area contributed by atoms with Crippen molar-refractivity contribution in [1.82, 2.24) is 5.06 Å². The van der Waals surface area contributed by atoms with E-state index in [1.807, 2.05) is 0 Å². The highest BCUT2D eigenvalue weighted by molar-refractivity contribution is 5.76. The molecule has 1 aliphatic rings. The number of hydroxylamine groups is 2. The van der Waals surface area contributed by atoms with E-state index in [1.54, 1.807) is 6.08 Å². The lowest BCUT2D eigenvalue weighted by atomic mass is 10.2. The molecule has 0 unspecified atom stereocenters. The Labute approximate surface area is 47.2 Å². The van der Waals surface area contributed by atoms with Crippen LogP contribution in [0.1, 0.15) is 12.8 Å². The molecule has 0 saturated carbocycles. The van der Waals surface area contributed by atoms with Gasteiger partial charge in [-0.25, -0.2) is 0 Å². The van der Waals surface area contributed by atoms with E-state index in [2.05, 4.69) is 0 Å². The van der Waals surface area contributed by atoms with Gasteiger partial charge in [0.2, 0.25) is 5.91 Å². The van der Waals surface area contributed by atoms with Crippen LogP contribution in [0.2, 0.25) is 0 Å². The van der Waals surface area contributed by atoms with Crippen molar-refractivity contribution in [2.45, 2.75) is 12.8 Å². The summed E-state index contributed by atoms with van der Waals surface area (Å²) in [6.45, 7) is 0. The SMILES string of the molecule is O=C1CCC=CN1O. The molecule has 3 nitrogen and oxygen atoms in total. The maximum absolute atomic E-state index is 10.4. The van der Waals surface area contributed by atoms with Crippen LogP contribution in [0.15, 0.2) is 12.3 Å². The predicted molar refractivity (Wildman–Crippen MR) is 27.0 cm³/mol. The van der Waals surface area contributed by atoms with E-state index in [0.717, 1.165) is 6.42 Å². The standard InChI is InChI=1S/C5H7NO2/c7-5-3-1-2-4-6(5)8/h2,4,8H,1,3H2. The van der Waals surface area contributed by atoms with Gasteiger partial charge in [-0.3, -0.25) is 10.0 Å². The Morgan fingerprint density at radius 2 is 2.50 bits per heavy atom. The van der Waals surface area contributed by atoms with E-state index in [-0.39, 0.29) is 5.91 Å². The van der Waals surface area contributed by atoms with E-state index in [0.29, 0.717) is 11.5 Å². The number of amides is 1. The summed E-state index contributed by atoms with van der Waals surface area (Å²) in [5, 5.41) is 9.19. The molecule has 0 fully saturated rings. The smallest absolute Gasteiger partial charge is 0.250 e. The van der Waals surface area contributed by atoms with Gasteiger partial charge >= 0.3 is 0 Å². The van der Waals surface area contributed by atoms with Gasteiger partial charge in [0, 0.05) is 12.6 Å². The minimum atomic E-state index is -0.229. The molecule has 0 aromatic rings. The molecule has 1 amide bonds. The van der Waals surface area contributed by atoms with Crippen molar-refractivity contribution < 1.29 is 10.0 Å². The topological polar surface area (TPSA) is 40.5 Å². The summed E-state index contributed by atoms with van der Waals surface area (Å²) in [7, 11) is 0. The lowest BCUT2D eigenvalue weighted by Crippen LogP contribution is -2.23. The Kier molecular flexibility index (Phi) is 1.30. The lowest BCUT2D eigenvalue weighted by Gasteiger charge is -2.11. The largest absolute Gasteiger partial charge is 0.281 e. The first-order valence-corrected chi connectivity index (χ1v) is 2.48. The van der Waals surface area contributed by atoms with Crippen LogP contribution in [-0.4, -0.2) is 16.2 Å². The average molecular weight is 113 g/mol. The molecular formula is C5H7NO2. The third-order valence-corrected chi connectivity index (χ3v) is 1.03. The first-order valence-electron chi connectivity index (χ1n) is 2.48. The monoisotopic (exact) mass is 113 g/mol. The Morgan fingerprint density at radius 1 is 1.75 bits per heavy atom. The molecule has 0 saturated heterocycles. The highest BCUT2D eigenvalue weighted by atomic mass is 16.5. The first-order chi connectivity index (χ1) is 3.80. The molecule has 3 heteroatoms. The summed E-state index contributed by atoms with van der Waals surface area (Å²) < 4.78 is 0. The Bertz CT molecular complexity index is 130. The summed E-state index contributed by atoms with van der Waals surface area (Å²) in [5.74, 6) is -0.229. The van der Waals surface area contributed by atoms with Gasteiger partial charge in [-0.05, 0) is 6.42 Å². The number of hydrogen-bond donors (Lipinski definition) is 1. The normalized spacial score (nSPS) is 19.6. The van der Waals surface area contributed by atoms with Gasteiger partial charge < -0.3 is 0 Å². The fourth-order valence-corrected chi connectivity index (χ4v) is 0.579. The van der Waals surface area contributed by atoms with Crippen LogP contribution in [0.5, 0.6) is 0 Å². The molecule has 0 radical (unpaired) electrons. The molecule has 0 spiro atoms. The van der Waals surface area contributed by atoms with Gasteiger partial charge in [-0.15, -0.1) is 0 Å². The summed E-state index contributed by atoms with van der Waals surface area (Å²) in [4.78, 5) is 10.4. The van der Waals surface area contributed by atoms with Crippen molar-refractivity contribution in [3.8, 4) is 0 Å². The van der Waals surface area contributed by atoms with Crippen molar-refractivity contribution in [2.24, 2.45) is 0 Å². The second kappa shape index (κ2) is 1.96. The van der Waals surface area contributed by atoms with Crippen molar-refractivity contribution in [3.05, 3.63) is 12.3 Å². The van der Waals surface area contributed by atoms with Crippen molar-refractivity contribution in [3.63, 3.8) is 0 Å². The van der Waals surface area contributed by atoms with E-state index in [9.17, 15) is 4.79 Å². The molecule has 0 aliphatic carbocycles. The maximum Gasteiger partial charge on any atom is 0.250 e. The van der Waals surface area contributed by atoms with E-state index >= 15 is 0 Å². The summed E-state index contributed by atoms with van der Waals surface area (Å²) in [5.41, 5.74) is 0. The van der Waals surface area contributed by atoms with Crippen molar-refractivity contribution in [1.29, 1.82) is 0 Å².